The second kappa shape index (κ2) is 16.7. The Balaban J connectivity index is 0.000000172. The van der Waals surface area contributed by atoms with Gasteiger partial charge in [0.05, 0.1) is 35.7 Å². The molecule has 4 aliphatic heterocycles. The van der Waals surface area contributed by atoms with Crippen LogP contribution >= 0.6 is 0 Å². The van der Waals surface area contributed by atoms with E-state index in [0.29, 0.717) is 35.8 Å². The third-order valence-corrected chi connectivity index (χ3v) is 10.2. The highest BCUT2D eigenvalue weighted by Crippen LogP contribution is 2.43. The van der Waals surface area contributed by atoms with E-state index in [4.69, 9.17) is 30.4 Å². The molecule has 14 heteroatoms. The van der Waals surface area contributed by atoms with Crippen molar-refractivity contribution in [3.05, 3.63) is 118 Å². The molecule has 0 aromatic heterocycles. The molecule has 8 rings (SSSR count). The number of carbonyl (C=O) groups excluding carboxylic acids is 4. The Morgan fingerprint density at radius 1 is 0.625 bits per heavy atom. The molecule has 0 spiro atoms. The van der Waals surface area contributed by atoms with Crippen LogP contribution in [-0.4, -0.2) is 63.3 Å². The fourth-order valence-corrected chi connectivity index (χ4v) is 7.60. The molecule has 6 N–H and O–H groups in total. The smallest absolute Gasteiger partial charge is 0.344 e. The molecule has 56 heavy (non-hydrogen) atoms. The zero-order valence-corrected chi connectivity index (χ0v) is 31.4. The van der Waals surface area contributed by atoms with Crippen LogP contribution in [0.5, 0.6) is 11.5 Å². The third kappa shape index (κ3) is 7.84. The molecule has 0 aliphatic carbocycles. The number of hydrogen-bond donors (Lipinski definition) is 4. The van der Waals surface area contributed by atoms with Crippen LogP contribution in [0.25, 0.3) is 0 Å². The normalized spacial score (nSPS) is 20.2. The minimum absolute atomic E-state index is 0.0589. The summed E-state index contributed by atoms with van der Waals surface area (Å²) in [7, 11) is 0. The molecule has 0 saturated carbocycles. The standard InChI is InChI=1S/2C21H23N3O4/c2*1-2-27-18(25)12-28-14-8-6-13(7-9-14)20-23-21(26)16-5-3-4-15-17(22)10-11-24(20)19(15)16/h2*3-9,17,20H,2,10-12,22H2,1H3,(H,23,26)/t2*17-,20-/m10/s1. The van der Waals surface area contributed by atoms with Crippen molar-refractivity contribution in [1.29, 1.82) is 0 Å². The largest absolute Gasteiger partial charge is 0.482 e. The summed E-state index contributed by atoms with van der Waals surface area (Å²) in [6.07, 6.45) is 1.10. The first-order chi connectivity index (χ1) is 27.2. The van der Waals surface area contributed by atoms with E-state index in [9.17, 15) is 19.2 Å². The maximum absolute atomic E-state index is 12.7. The van der Waals surface area contributed by atoms with Gasteiger partial charge in [-0.05, 0) is 85.3 Å². The van der Waals surface area contributed by atoms with Crippen molar-refractivity contribution >= 4 is 35.1 Å². The second-order valence-electron chi connectivity index (χ2n) is 13.7. The van der Waals surface area contributed by atoms with E-state index in [1.165, 1.54) is 0 Å². The number of carbonyl (C=O) groups is 4. The summed E-state index contributed by atoms with van der Waals surface area (Å²) in [6, 6.07) is 26.1. The Labute approximate surface area is 325 Å². The average molecular weight is 763 g/mol. The van der Waals surface area contributed by atoms with Gasteiger partial charge in [-0.3, -0.25) is 9.59 Å². The fourth-order valence-electron chi connectivity index (χ4n) is 7.60. The Morgan fingerprint density at radius 3 is 1.39 bits per heavy atom. The van der Waals surface area contributed by atoms with Crippen LogP contribution in [0.1, 0.15) is 94.1 Å². The minimum atomic E-state index is -0.403. The van der Waals surface area contributed by atoms with Crippen LogP contribution in [0.3, 0.4) is 0 Å². The van der Waals surface area contributed by atoms with E-state index in [0.717, 1.165) is 59.6 Å². The fraction of sp³-hybridized carbons (Fsp3) is 0.333. The van der Waals surface area contributed by atoms with Gasteiger partial charge < -0.3 is 50.8 Å². The summed E-state index contributed by atoms with van der Waals surface area (Å²) < 4.78 is 20.6. The molecular weight excluding hydrogens is 716 g/mol. The summed E-state index contributed by atoms with van der Waals surface area (Å²) in [6.45, 7) is 5.41. The van der Waals surface area contributed by atoms with E-state index in [2.05, 4.69) is 20.4 Å². The lowest BCUT2D eigenvalue weighted by Gasteiger charge is -2.44. The number of ether oxygens (including phenoxy) is 4. The van der Waals surface area contributed by atoms with E-state index in [1.807, 2.05) is 60.7 Å². The maximum Gasteiger partial charge on any atom is 0.344 e. The van der Waals surface area contributed by atoms with Gasteiger partial charge in [0.2, 0.25) is 0 Å². The highest BCUT2D eigenvalue weighted by atomic mass is 16.6. The minimum Gasteiger partial charge on any atom is -0.482 e. The van der Waals surface area contributed by atoms with Crippen LogP contribution in [0.15, 0.2) is 84.9 Å². The number of nitrogens with two attached hydrogens (primary N) is 2. The molecule has 2 amide bonds. The molecule has 0 radical (unpaired) electrons. The zero-order valence-electron chi connectivity index (χ0n) is 31.4. The number of amides is 2. The van der Waals surface area contributed by atoms with Gasteiger partial charge in [-0.15, -0.1) is 0 Å². The molecular formula is C42H46N6O8. The van der Waals surface area contributed by atoms with Crippen LogP contribution in [0.4, 0.5) is 11.4 Å². The number of hydrogen-bond acceptors (Lipinski definition) is 12. The molecule has 0 unspecified atom stereocenters. The number of anilines is 2. The molecule has 4 aromatic carbocycles. The van der Waals surface area contributed by atoms with Gasteiger partial charge >= 0.3 is 11.9 Å². The highest BCUT2D eigenvalue weighted by molar-refractivity contribution is 6.04. The third-order valence-electron chi connectivity index (χ3n) is 10.2. The molecule has 0 fully saturated rings. The summed E-state index contributed by atoms with van der Waals surface area (Å²) in [5.41, 5.74) is 19.6. The summed E-state index contributed by atoms with van der Waals surface area (Å²) in [4.78, 5) is 52.6. The van der Waals surface area contributed by atoms with Crippen molar-refractivity contribution in [2.24, 2.45) is 11.5 Å². The predicted molar refractivity (Wildman–Crippen MR) is 208 cm³/mol. The van der Waals surface area contributed by atoms with Crippen molar-refractivity contribution in [3.63, 3.8) is 0 Å². The van der Waals surface area contributed by atoms with Gasteiger partial charge in [-0.2, -0.15) is 0 Å². The van der Waals surface area contributed by atoms with Crippen LogP contribution < -0.4 is 41.4 Å². The van der Waals surface area contributed by atoms with Crippen molar-refractivity contribution in [1.82, 2.24) is 10.6 Å². The quantitative estimate of drug-likeness (QED) is 0.165. The Bertz CT molecular complexity index is 1940. The second-order valence-corrected chi connectivity index (χ2v) is 13.7. The van der Waals surface area contributed by atoms with Crippen LogP contribution in [-0.2, 0) is 19.1 Å². The lowest BCUT2D eigenvalue weighted by molar-refractivity contribution is -0.146. The van der Waals surface area contributed by atoms with E-state index < -0.39 is 11.9 Å². The van der Waals surface area contributed by atoms with Gasteiger partial charge in [-0.1, -0.05) is 48.5 Å². The lowest BCUT2D eigenvalue weighted by Crippen LogP contribution is -2.49. The molecule has 292 valence electrons. The molecule has 4 aromatic rings. The molecule has 14 nitrogen and oxygen atoms in total. The number of benzene rings is 4. The van der Waals surface area contributed by atoms with Gasteiger partial charge in [0, 0.05) is 25.2 Å². The van der Waals surface area contributed by atoms with Crippen LogP contribution in [0.2, 0.25) is 0 Å². The predicted octanol–water partition coefficient (Wildman–Crippen LogP) is 4.56. The lowest BCUT2D eigenvalue weighted by atomic mass is 9.90. The number of nitrogens with one attached hydrogen (secondary N) is 2. The number of esters is 2. The first-order valence-electron chi connectivity index (χ1n) is 18.9. The van der Waals surface area contributed by atoms with Crippen molar-refractivity contribution in [2.45, 2.75) is 51.1 Å². The maximum atomic E-state index is 12.7. The number of para-hydroxylation sites is 2. The monoisotopic (exact) mass is 762 g/mol. The Hall–Kier alpha value is -6.12. The van der Waals surface area contributed by atoms with Gasteiger partial charge in [0.15, 0.2) is 13.2 Å². The van der Waals surface area contributed by atoms with Gasteiger partial charge in [-0.25, -0.2) is 9.59 Å². The Morgan fingerprint density at radius 2 is 1.02 bits per heavy atom. The van der Waals surface area contributed by atoms with Crippen molar-refractivity contribution in [2.75, 3.05) is 49.3 Å². The summed E-state index contributed by atoms with van der Waals surface area (Å²) >= 11 is 0. The molecule has 0 bridgehead atoms. The first-order valence-corrected chi connectivity index (χ1v) is 18.9. The average Bonchev–Trinajstić information content (AvgIpc) is 3.21. The number of nitrogens with zero attached hydrogens (tertiary/aromatic N) is 2. The highest BCUT2D eigenvalue weighted by Gasteiger charge is 2.38. The molecule has 0 saturated heterocycles. The van der Waals surface area contributed by atoms with E-state index >= 15 is 0 Å². The van der Waals surface area contributed by atoms with Gasteiger partial charge in [0.25, 0.3) is 11.8 Å². The van der Waals surface area contributed by atoms with Crippen molar-refractivity contribution in [3.8, 4) is 11.5 Å². The van der Waals surface area contributed by atoms with E-state index in [-0.39, 0.29) is 49.4 Å². The topological polar surface area (TPSA) is 188 Å². The molecule has 4 aliphatic rings. The SMILES string of the molecule is CCOC(=O)COc1ccc([C@@H]2NC(=O)c3cccc4c3N2CC[C@H]4N)cc1.CCOC(=O)COc1ccc([C@H]2NC(=O)c3cccc4c3N2CC[C@@H]4N)cc1. The summed E-state index contributed by atoms with van der Waals surface area (Å²) in [5, 5.41) is 6.17. The van der Waals surface area contributed by atoms with Crippen LogP contribution in [0, 0.1) is 0 Å². The van der Waals surface area contributed by atoms with Crippen molar-refractivity contribution < 1.29 is 38.1 Å². The zero-order chi connectivity index (χ0) is 39.3. The molecule has 4 heterocycles. The Kier molecular flexibility index (Phi) is 11.4. The number of rotatable bonds is 10. The molecule has 4 atom stereocenters. The van der Waals surface area contributed by atoms with Gasteiger partial charge in [0.1, 0.15) is 23.8 Å². The van der Waals surface area contributed by atoms with E-state index in [1.54, 1.807) is 38.1 Å². The first kappa shape index (κ1) is 38.2. The summed E-state index contributed by atoms with van der Waals surface area (Å²) in [5.74, 6) is 0.130.